The molecule has 4 nitrogen and oxygen atoms in total. The number of aromatic amines is 1. The topological polar surface area (TPSA) is 62.8 Å². The minimum Gasteiger partial charge on any atom is -0.338 e. The SMILES string of the molecule is CS(=O)(=O)c1cccc(-c2ccc(/C=C/c3ncc(-c4ccc(Cl)cc4Cl)[nH]3)cc2)c1. The number of hydrogen-bond donors (Lipinski definition) is 1. The van der Waals surface area contributed by atoms with E-state index in [2.05, 4.69) is 9.97 Å². The predicted molar refractivity (Wildman–Crippen MR) is 128 cm³/mol. The second-order valence-electron chi connectivity index (χ2n) is 7.06. The molecule has 0 aliphatic carbocycles. The molecular formula is C24H18Cl2N2O2S. The van der Waals surface area contributed by atoms with Crippen LogP contribution in [-0.2, 0) is 9.84 Å². The van der Waals surface area contributed by atoms with Crippen molar-refractivity contribution >= 4 is 45.2 Å². The third-order valence-corrected chi connectivity index (χ3v) is 6.41. The molecule has 1 heterocycles. The minimum atomic E-state index is -3.24. The van der Waals surface area contributed by atoms with E-state index >= 15 is 0 Å². The summed E-state index contributed by atoms with van der Waals surface area (Å²) in [7, 11) is -3.24. The molecule has 0 amide bonds. The maximum atomic E-state index is 11.8. The van der Waals surface area contributed by atoms with Crippen molar-refractivity contribution in [1.29, 1.82) is 0 Å². The van der Waals surface area contributed by atoms with Crippen LogP contribution in [0.15, 0.2) is 77.8 Å². The van der Waals surface area contributed by atoms with Gasteiger partial charge in [-0.15, -0.1) is 0 Å². The molecule has 0 aliphatic heterocycles. The third-order valence-electron chi connectivity index (χ3n) is 4.76. The maximum Gasteiger partial charge on any atom is 0.175 e. The Labute approximate surface area is 191 Å². The van der Waals surface area contributed by atoms with E-state index < -0.39 is 9.84 Å². The van der Waals surface area contributed by atoms with Crippen LogP contribution >= 0.6 is 23.2 Å². The molecule has 156 valence electrons. The minimum absolute atomic E-state index is 0.309. The molecular weight excluding hydrogens is 451 g/mol. The Morgan fingerprint density at radius 1 is 0.903 bits per heavy atom. The van der Waals surface area contributed by atoms with Crippen LogP contribution in [0, 0.1) is 0 Å². The maximum absolute atomic E-state index is 11.8. The molecule has 4 rings (SSSR count). The molecule has 0 aliphatic rings. The Bertz CT molecular complexity index is 1370. The van der Waals surface area contributed by atoms with Crippen LogP contribution in [0.2, 0.25) is 10.0 Å². The number of aromatic nitrogens is 2. The van der Waals surface area contributed by atoms with Crippen LogP contribution in [-0.4, -0.2) is 24.6 Å². The van der Waals surface area contributed by atoms with Crippen LogP contribution in [0.4, 0.5) is 0 Å². The zero-order chi connectivity index (χ0) is 22.0. The van der Waals surface area contributed by atoms with Gasteiger partial charge in [0, 0.05) is 16.8 Å². The standard InChI is InChI=1S/C24H18Cl2N2O2S/c1-31(29,30)20-4-2-3-18(13-20)17-8-5-16(6-9-17)7-12-24-27-15-23(28-24)21-11-10-19(25)14-22(21)26/h2-15H,1H3,(H,27,28)/b12-7+. The zero-order valence-electron chi connectivity index (χ0n) is 16.5. The number of nitrogens with zero attached hydrogens (tertiary/aromatic N) is 1. The fourth-order valence-corrected chi connectivity index (χ4v) is 4.31. The quantitative estimate of drug-likeness (QED) is 0.357. The van der Waals surface area contributed by atoms with Gasteiger partial charge in [-0.05, 0) is 53.1 Å². The molecule has 7 heteroatoms. The Morgan fingerprint density at radius 3 is 2.39 bits per heavy atom. The average Bonchev–Trinajstić information content (AvgIpc) is 3.21. The van der Waals surface area contributed by atoms with E-state index in [1.165, 1.54) is 6.26 Å². The molecule has 3 aromatic carbocycles. The molecule has 0 radical (unpaired) electrons. The second-order valence-corrected chi connectivity index (χ2v) is 9.92. The third kappa shape index (κ3) is 5.07. The lowest BCUT2D eigenvalue weighted by Gasteiger charge is -2.05. The highest BCUT2D eigenvalue weighted by atomic mass is 35.5. The molecule has 0 spiro atoms. The molecule has 0 fully saturated rings. The lowest BCUT2D eigenvalue weighted by molar-refractivity contribution is 0.602. The van der Waals surface area contributed by atoms with E-state index in [1.807, 2.05) is 48.6 Å². The lowest BCUT2D eigenvalue weighted by Crippen LogP contribution is -1.96. The van der Waals surface area contributed by atoms with Crippen LogP contribution in [0.25, 0.3) is 34.5 Å². The smallest absolute Gasteiger partial charge is 0.175 e. The van der Waals surface area contributed by atoms with Gasteiger partial charge < -0.3 is 4.98 Å². The predicted octanol–water partition coefficient (Wildman–Crippen LogP) is 6.62. The second kappa shape index (κ2) is 8.71. The van der Waals surface area contributed by atoms with Gasteiger partial charge in [0.2, 0.25) is 0 Å². The summed E-state index contributed by atoms with van der Waals surface area (Å²) in [6, 6.07) is 20.1. The van der Waals surface area contributed by atoms with Crippen LogP contribution in [0.5, 0.6) is 0 Å². The van der Waals surface area contributed by atoms with Gasteiger partial charge in [0.15, 0.2) is 9.84 Å². The zero-order valence-corrected chi connectivity index (χ0v) is 18.8. The highest BCUT2D eigenvalue weighted by molar-refractivity contribution is 7.90. The first-order valence-corrected chi connectivity index (χ1v) is 12.0. The van der Waals surface area contributed by atoms with Crippen molar-refractivity contribution in [2.45, 2.75) is 4.90 Å². The molecule has 1 aromatic heterocycles. The summed E-state index contributed by atoms with van der Waals surface area (Å²) in [5.74, 6) is 0.700. The summed E-state index contributed by atoms with van der Waals surface area (Å²) in [4.78, 5) is 7.92. The van der Waals surface area contributed by atoms with Gasteiger partial charge in [0.05, 0.1) is 21.8 Å². The average molecular weight is 469 g/mol. The van der Waals surface area contributed by atoms with E-state index in [9.17, 15) is 8.42 Å². The largest absolute Gasteiger partial charge is 0.338 e. The van der Waals surface area contributed by atoms with Crippen molar-refractivity contribution in [3.05, 3.63) is 94.4 Å². The van der Waals surface area contributed by atoms with Gasteiger partial charge in [-0.25, -0.2) is 13.4 Å². The fourth-order valence-electron chi connectivity index (χ4n) is 3.13. The summed E-state index contributed by atoms with van der Waals surface area (Å²) in [5.41, 5.74) is 4.43. The highest BCUT2D eigenvalue weighted by Gasteiger charge is 2.09. The molecule has 4 aromatic rings. The van der Waals surface area contributed by atoms with Gasteiger partial charge >= 0.3 is 0 Å². The molecule has 0 saturated carbocycles. The summed E-state index contributed by atoms with van der Waals surface area (Å²) in [6.07, 6.45) is 6.77. The van der Waals surface area contributed by atoms with Crippen LogP contribution < -0.4 is 0 Å². The van der Waals surface area contributed by atoms with E-state index in [-0.39, 0.29) is 0 Å². The Kier molecular flexibility index (Phi) is 6.01. The Morgan fingerprint density at radius 2 is 1.68 bits per heavy atom. The molecule has 0 unspecified atom stereocenters. The van der Waals surface area contributed by atoms with Crippen LogP contribution in [0.3, 0.4) is 0 Å². The number of halogens is 2. The first-order chi connectivity index (χ1) is 14.8. The van der Waals surface area contributed by atoms with E-state index in [4.69, 9.17) is 23.2 Å². The van der Waals surface area contributed by atoms with Crippen LogP contribution in [0.1, 0.15) is 11.4 Å². The number of sulfone groups is 1. The van der Waals surface area contributed by atoms with Crippen molar-refractivity contribution in [2.24, 2.45) is 0 Å². The number of rotatable bonds is 5. The lowest BCUT2D eigenvalue weighted by atomic mass is 10.0. The van der Waals surface area contributed by atoms with Crippen molar-refractivity contribution in [3.63, 3.8) is 0 Å². The number of hydrogen-bond acceptors (Lipinski definition) is 3. The Hall–Kier alpha value is -2.86. The summed E-state index contributed by atoms with van der Waals surface area (Å²) in [5, 5.41) is 1.14. The van der Waals surface area contributed by atoms with E-state index in [0.29, 0.717) is 20.8 Å². The summed E-state index contributed by atoms with van der Waals surface area (Å²) < 4.78 is 23.6. The normalized spacial score (nSPS) is 11.8. The van der Waals surface area contributed by atoms with Crippen molar-refractivity contribution < 1.29 is 8.42 Å². The van der Waals surface area contributed by atoms with Crippen molar-refractivity contribution in [3.8, 4) is 22.4 Å². The first-order valence-electron chi connectivity index (χ1n) is 9.39. The monoisotopic (exact) mass is 468 g/mol. The van der Waals surface area contributed by atoms with Gasteiger partial charge in [-0.1, -0.05) is 65.7 Å². The van der Waals surface area contributed by atoms with Gasteiger partial charge in [-0.2, -0.15) is 0 Å². The number of H-pyrrole nitrogens is 1. The summed E-state index contributed by atoms with van der Waals surface area (Å²) in [6.45, 7) is 0. The number of imidazole rings is 1. The van der Waals surface area contributed by atoms with Crippen molar-refractivity contribution in [1.82, 2.24) is 9.97 Å². The Balaban J connectivity index is 1.52. The highest BCUT2D eigenvalue weighted by Crippen LogP contribution is 2.29. The van der Waals surface area contributed by atoms with Gasteiger partial charge in [0.25, 0.3) is 0 Å². The van der Waals surface area contributed by atoms with Gasteiger partial charge in [-0.3, -0.25) is 0 Å². The molecule has 0 bridgehead atoms. The van der Waals surface area contributed by atoms with E-state index in [1.54, 1.807) is 36.5 Å². The number of benzene rings is 3. The number of nitrogens with one attached hydrogen (secondary N) is 1. The molecule has 31 heavy (non-hydrogen) atoms. The molecule has 0 saturated heterocycles. The van der Waals surface area contributed by atoms with Crippen molar-refractivity contribution in [2.75, 3.05) is 6.26 Å². The summed E-state index contributed by atoms with van der Waals surface area (Å²) >= 11 is 12.2. The molecule has 1 N–H and O–H groups in total. The first kappa shape index (κ1) is 21.4. The van der Waals surface area contributed by atoms with E-state index in [0.717, 1.165) is 27.9 Å². The van der Waals surface area contributed by atoms with Gasteiger partial charge in [0.1, 0.15) is 5.82 Å². The fraction of sp³-hybridized carbons (Fsp3) is 0.0417. The molecule has 0 atom stereocenters.